The number of hydrogen-bond donors (Lipinski definition) is 9. The Kier molecular flexibility index (Phi) is 24.6. The third-order valence-corrected chi connectivity index (χ3v) is 9.96. The minimum absolute atomic E-state index is 0.252. The van der Waals surface area contributed by atoms with E-state index in [-0.39, 0.29) is 18.9 Å². The van der Waals surface area contributed by atoms with E-state index in [2.05, 4.69) is 12.2 Å². The van der Waals surface area contributed by atoms with Crippen LogP contribution in [0.15, 0.2) is 12.2 Å². The zero-order valence-corrected chi connectivity index (χ0v) is 31.6. The molecule has 2 rings (SSSR count). The molecule has 12 unspecified atom stereocenters. The molecule has 0 spiro atoms. The fraction of sp³-hybridized carbons (Fsp3) is 0.921. The zero-order valence-electron chi connectivity index (χ0n) is 31.6. The SMILES string of the molecule is CCC/C=C/C(O)C(COC1OC(CO)C(OC2OC(CO)C(O)C(O)C2O)C(O)C1O)NC(=O)CCCCCCCCCCCCCCCCC. The maximum atomic E-state index is 12.9. The third-order valence-electron chi connectivity index (χ3n) is 9.96. The molecule has 2 aliphatic heterocycles. The summed E-state index contributed by atoms with van der Waals surface area (Å²) in [5, 5.41) is 85.4. The largest absolute Gasteiger partial charge is 0.394 e. The minimum Gasteiger partial charge on any atom is -0.394 e. The number of rotatable bonds is 28. The van der Waals surface area contributed by atoms with Crippen molar-refractivity contribution in [2.45, 2.75) is 203 Å². The number of nitrogens with one attached hydrogen (secondary N) is 1. The Hall–Kier alpha value is -1.27. The molecule has 0 bridgehead atoms. The van der Waals surface area contributed by atoms with Crippen molar-refractivity contribution >= 4 is 5.91 Å². The van der Waals surface area contributed by atoms with Gasteiger partial charge in [-0.1, -0.05) is 122 Å². The van der Waals surface area contributed by atoms with Crippen molar-refractivity contribution in [3.8, 4) is 0 Å². The first kappa shape index (κ1) is 46.9. The van der Waals surface area contributed by atoms with Crippen LogP contribution in [0, 0.1) is 0 Å². The number of carbonyl (C=O) groups is 1. The summed E-state index contributed by atoms with van der Waals surface area (Å²) in [5.41, 5.74) is 0. The van der Waals surface area contributed by atoms with Crippen LogP contribution in [-0.4, -0.2) is 140 Å². The predicted molar refractivity (Wildman–Crippen MR) is 194 cm³/mol. The van der Waals surface area contributed by atoms with E-state index in [1.54, 1.807) is 12.2 Å². The molecule has 0 aliphatic carbocycles. The molecular weight excluding hydrogens is 678 g/mol. The van der Waals surface area contributed by atoms with Crippen LogP contribution in [0.3, 0.4) is 0 Å². The van der Waals surface area contributed by atoms with Crippen molar-refractivity contribution in [3.63, 3.8) is 0 Å². The number of carbonyl (C=O) groups excluding carboxylic acids is 1. The second-order valence-corrected chi connectivity index (χ2v) is 14.4. The summed E-state index contributed by atoms with van der Waals surface area (Å²) in [5.74, 6) is -0.252. The molecule has 306 valence electrons. The quantitative estimate of drug-likeness (QED) is 0.0413. The number of aliphatic hydroxyl groups excluding tert-OH is 8. The summed E-state index contributed by atoms with van der Waals surface area (Å²) in [4.78, 5) is 12.9. The van der Waals surface area contributed by atoms with Gasteiger partial charge in [-0.3, -0.25) is 4.79 Å². The van der Waals surface area contributed by atoms with Gasteiger partial charge in [0.1, 0.15) is 48.8 Å². The lowest BCUT2D eigenvalue weighted by Crippen LogP contribution is -2.65. The Bertz CT molecular complexity index is 941. The molecule has 2 heterocycles. The number of amides is 1. The molecule has 0 aromatic carbocycles. The summed E-state index contributed by atoms with van der Waals surface area (Å²) in [7, 11) is 0. The standard InChI is InChI=1S/C38H71NO13/c1-3-5-7-8-9-10-11-12-13-14-15-16-17-18-20-22-30(43)39-26(27(42)21-19-6-4-2)25-49-37-35(48)33(46)36(29(24-41)51-37)52-38-34(47)32(45)31(44)28(23-40)50-38/h19,21,26-29,31-38,40-42,44-48H,3-18,20,22-25H2,1-2H3,(H,39,43)/b21-19+. The molecule has 52 heavy (non-hydrogen) atoms. The molecule has 2 aliphatic rings. The lowest BCUT2D eigenvalue weighted by molar-refractivity contribution is -0.359. The van der Waals surface area contributed by atoms with Crippen LogP contribution in [0.4, 0.5) is 0 Å². The molecule has 0 aromatic heterocycles. The van der Waals surface area contributed by atoms with Crippen LogP contribution in [0.25, 0.3) is 0 Å². The van der Waals surface area contributed by atoms with Gasteiger partial charge >= 0.3 is 0 Å². The first-order chi connectivity index (χ1) is 25.1. The fourth-order valence-corrected chi connectivity index (χ4v) is 6.59. The number of allylic oxidation sites excluding steroid dienone is 1. The molecule has 0 radical (unpaired) electrons. The molecule has 14 nitrogen and oxygen atoms in total. The molecule has 0 aromatic rings. The van der Waals surface area contributed by atoms with Gasteiger partial charge in [0.25, 0.3) is 0 Å². The van der Waals surface area contributed by atoms with E-state index in [9.17, 15) is 45.6 Å². The summed E-state index contributed by atoms with van der Waals surface area (Å²) in [6.07, 6.45) is 6.63. The van der Waals surface area contributed by atoms with Gasteiger partial charge in [0, 0.05) is 6.42 Å². The highest BCUT2D eigenvalue weighted by molar-refractivity contribution is 5.76. The molecular formula is C38H71NO13. The maximum absolute atomic E-state index is 12.9. The molecule has 1 amide bonds. The highest BCUT2D eigenvalue weighted by Gasteiger charge is 2.50. The first-order valence-corrected chi connectivity index (χ1v) is 19.9. The van der Waals surface area contributed by atoms with E-state index in [4.69, 9.17) is 18.9 Å². The van der Waals surface area contributed by atoms with Gasteiger partial charge in [-0.25, -0.2) is 0 Å². The Balaban J connectivity index is 1.80. The van der Waals surface area contributed by atoms with E-state index in [1.807, 2.05) is 6.92 Å². The monoisotopic (exact) mass is 749 g/mol. The lowest BCUT2D eigenvalue weighted by Gasteiger charge is -2.46. The first-order valence-electron chi connectivity index (χ1n) is 19.9. The van der Waals surface area contributed by atoms with Crippen molar-refractivity contribution in [3.05, 3.63) is 12.2 Å². The van der Waals surface area contributed by atoms with Crippen LogP contribution < -0.4 is 5.32 Å². The van der Waals surface area contributed by atoms with Crippen molar-refractivity contribution in [2.24, 2.45) is 0 Å². The van der Waals surface area contributed by atoms with Gasteiger partial charge in [-0.05, 0) is 12.8 Å². The number of aliphatic hydroxyl groups is 8. The van der Waals surface area contributed by atoms with Crippen molar-refractivity contribution in [1.82, 2.24) is 5.32 Å². The Morgan fingerprint density at radius 3 is 1.73 bits per heavy atom. The van der Waals surface area contributed by atoms with Gasteiger partial charge in [-0.2, -0.15) is 0 Å². The summed E-state index contributed by atoms with van der Waals surface area (Å²) in [6.45, 7) is 2.53. The van der Waals surface area contributed by atoms with Crippen molar-refractivity contribution < 1.29 is 64.6 Å². The smallest absolute Gasteiger partial charge is 0.220 e. The Labute approximate surface area is 310 Å². The van der Waals surface area contributed by atoms with Crippen LogP contribution in [0.2, 0.25) is 0 Å². The molecule has 0 saturated carbocycles. The van der Waals surface area contributed by atoms with Gasteiger partial charge in [0.2, 0.25) is 5.91 Å². The Morgan fingerprint density at radius 1 is 0.673 bits per heavy atom. The number of unbranched alkanes of at least 4 members (excludes halogenated alkanes) is 15. The van der Waals surface area contributed by atoms with Gasteiger partial charge in [0.15, 0.2) is 12.6 Å². The molecule has 2 saturated heterocycles. The van der Waals surface area contributed by atoms with Crippen molar-refractivity contribution in [2.75, 3.05) is 19.8 Å². The number of hydrogen-bond acceptors (Lipinski definition) is 13. The second kappa shape index (κ2) is 27.3. The van der Waals surface area contributed by atoms with E-state index in [0.29, 0.717) is 6.42 Å². The van der Waals surface area contributed by atoms with Gasteiger partial charge in [-0.15, -0.1) is 0 Å². The van der Waals surface area contributed by atoms with E-state index >= 15 is 0 Å². The average Bonchev–Trinajstić information content (AvgIpc) is 3.14. The number of ether oxygens (including phenoxy) is 4. The Morgan fingerprint density at radius 2 is 1.19 bits per heavy atom. The third kappa shape index (κ3) is 16.6. The van der Waals surface area contributed by atoms with Crippen LogP contribution in [-0.2, 0) is 23.7 Å². The second-order valence-electron chi connectivity index (χ2n) is 14.4. The van der Waals surface area contributed by atoms with Crippen LogP contribution in [0.5, 0.6) is 0 Å². The molecule has 2 fully saturated rings. The average molecular weight is 750 g/mol. The summed E-state index contributed by atoms with van der Waals surface area (Å²) in [6, 6.07) is -0.902. The molecule has 12 atom stereocenters. The minimum atomic E-state index is -1.78. The lowest BCUT2D eigenvalue weighted by atomic mass is 9.97. The maximum Gasteiger partial charge on any atom is 0.220 e. The van der Waals surface area contributed by atoms with E-state index in [1.165, 1.54) is 70.6 Å². The zero-order chi connectivity index (χ0) is 38.3. The van der Waals surface area contributed by atoms with Crippen molar-refractivity contribution in [1.29, 1.82) is 0 Å². The highest BCUT2D eigenvalue weighted by atomic mass is 16.7. The van der Waals surface area contributed by atoms with Gasteiger partial charge in [0.05, 0.1) is 32.0 Å². The van der Waals surface area contributed by atoms with Crippen LogP contribution in [0.1, 0.15) is 129 Å². The van der Waals surface area contributed by atoms with E-state index in [0.717, 1.165) is 32.1 Å². The molecule has 9 N–H and O–H groups in total. The fourth-order valence-electron chi connectivity index (χ4n) is 6.59. The normalized spacial score (nSPS) is 30.8. The summed E-state index contributed by atoms with van der Waals surface area (Å²) < 4.78 is 22.4. The highest BCUT2D eigenvalue weighted by Crippen LogP contribution is 2.29. The predicted octanol–water partition coefficient (Wildman–Crippen LogP) is 2.09. The van der Waals surface area contributed by atoms with E-state index < -0.39 is 86.8 Å². The molecule has 14 heteroatoms. The summed E-state index contributed by atoms with van der Waals surface area (Å²) >= 11 is 0. The van der Waals surface area contributed by atoms with Gasteiger partial charge < -0.3 is 65.1 Å². The van der Waals surface area contributed by atoms with Crippen LogP contribution >= 0.6 is 0 Å². The topological polar surface area (TPSA) is 228 Å².